The molecule has 0 saturated heterocycles. The number of aromatic nitrogens is 4. The highest BCUT2D eigenvalue weighted by molar-refractivity contribution is 7.98. The summed E-state index contributed by atoms with van der Waals surface area (Å²) in [6.45, 7) is 11.2. The summed E-state index contributed by atoms with van der Waals surface area (Å²) in [6, 6.07) is 42.1. The normalized spacial score (nSPS) is 11.3. The van der Waals surface area contributed by atoms with Gasteiger partial charge in [0.15, 0.2) is 11.6 Å². The van der Waals surface area contributed by atoms with Crippen molar-refractivity contribution in [3.05, 3.63) is 162 Å². The first-order valence-electron chi connectivity index (χ1n) is 16.3. The van der Waals surface area contributed by atoms with Crippen molar-refractivity contribution < 1.29 is 0 Å². The van der Waals surface area contributed by atoms with Gasteiger partial charge in [-0.25, -0.2) is 19.9 Å². The van der Waals surface area contributed by atoms with Gasteiger partial charge in [-0.05, 0) is 65.8 Å². The maximum absolute atomic E-state index is 5.03. The third kappa shape index (κ3) is 6.20. The lowest BCUT2D eigenvalue weighted by Gasteiger charge is -2.13. The highest BCUT2D eigenvalue weighted by Gasteiger charge is 2.20. The number of aryl methyl sites for hydroxylation is 1. The molecular weight excluding hydrogens is 669 g/mol. The Bertz CT molecular complexity index is 2510. The van der Waals surface area contributed by atoms with Crippen molar-refractivity contribution in [1.82, 2.24) is 19.9 Å². The number of para-hydroxylation sites is 1. The zero-order chi connectivity index (χ0) is 34.2. The van der Waals surface area contributed by atoms with Gasteiger partial charge >= 0.3 is 0 Å². The van der Waals surface area contributed by atoms with Crippen LogP contribution in [0.15, 0.2) is 139 Å². The average Bonchev–Trinajstić information content (AvgIpc) is 3.75. The van der Waals surface area contributed by atoms with Gasteiger partial charge in [0.1, 0.15) is 10.8 Å². The molecule has 5 aromatic carbocycles. The van der Waals surface area contributed by atoms with Crippen LogP contribution in [0.5, 0.6) is 0 Å². The number of allylic oxidation sites excluding steroid dienone is 1. The van der Waals surface area contributed by atoms with Crippen LogP contribution in [0, 0.1) is 6.92 Å². The van der Waals surface area contributed by atoms with E-state index in [-0.39, 0.29) is 0 Å². The summed E-state index contributed by atoms with van der Waals surface area (Å²) in [6.07, 6.45) is 2.59. The highest BCUT2D eigenvalue weighted by Crippen LogP contribution is 2.40. The Hall–Kier alpha value is -5.21. The molecule has 0 atom stereocenters. The van der Waals surface area contributed by atoms with Crippen molar-refractivity contribution in [2.24, 2.45) is 0 Å². The Morgan fingerprint density at radius 3 is 2.18 bits per heavy atom. The van der Waals surface area contributed by atoms with Crippen LogP contribution in [-0.2, 0) is 6.42 Å². The molecule has 3 aromatic heterocycles. The highest BCUT2D eigenvalue weighted by atomic mass is 32.2. The number of hydrogen-bond donors (Lipinski definition) is 0. The van der Waals surface area contributed by atoms with E-state index < -0.39 is 0 Å². The predicted octanol–water partition coefficient (Wildman–Crippen LogP) is 12.0. The van der Waals surface area contributed by atoms with Crippen molar-refractivity contribution in [1.29, 1.82) is 0 Å². The van der Waals surface area contributed by atoms with Crippen LogP contribution in [-0.4, -0.2) is 26.2 Å². The lowest BCUT2D eigenvalue weighted by Crippen LogP contribution is -2.07. The van der Waals surface area contributed by atoms with Gasteiger partial charge in [0.25, 0.3) is 0 Å². The minimum Gasteiger partial charge on any atom is -0.236 e. The molecule has 4 nitrogen and oxygen atoms in total. The SMILES string of the molecule is C=C(Cc1nc(C(=C)c2c(C)sc3ccc(-c4ccc(-c5nc6ccccc6s5)cc4)cc23)nc(-c2ccccc2)n1)c1ccccc1SC. The fourth-order valence-corrected chi connectivity index (χ4v) is 8.95. The molecule has 50 heavy (non-hydrogen) atoms. The summed E-state index contributed by atoms with van der Waals surface area (Å²) in [5, 5.41) is 2.18. The molecule has 0 aliphatic rings. The minimum atomic E-state index is 0.501. The smallest absolute Gasteiger partial charge is 0.163 e. The Morgan fingerprint density at radius 2 is 1.38 bits per heavy atom. The number of rotatable bonds is 9. The molecule has 0 N–H and O–H groups in total. The summed E-state index contributed by atoms with van der Waals surface area (Å²) in [4.78, 5) is 22.2. The van der Waals surface area contributed by atoms with E-state index in [1.807, 2.05) is 42.5 Å². The largest absolute Gasteiger partial charge is 0.236 e. The topological polar surface area (TPSA) is 51.6 Å². The molecule has 0 spiro atoms. The van der Waals surface area contributed by atoms with Crippen LogP contribution >= 0.6 is 34.4 Å². The molecule has 0 radical (unpaired) electrons. The molecule has 8 rings (SSSR count). The van der Waals surface area contributed by atoms with E-state index >= 15 is 0 Å². The van der Waals surface area contributed by atoms with Gasteiger partial charge in [-0.15, -0.1) is 34.4 Å². The van der Waals surface area contributed by atoms with Gasteiger partial charge in [0.05, 0.1) is 10.2 Å². The van der Waals surface area contributed by atoms with Crippen LogP contribution in [0.3, 0.4) is 0 Å². The van der Waals surface area contributed by atoms with E-state index in [1.54, 1.807) is 34.4 Å². The van der Waals surface area contributed by atoms with E-state index in [0.717, 1.165) is 60.4 Å². The summed E-state index contributed by atoms with van der Waals surface area (Å²) < 4.78 is 2.40. The van der Waals surface area contributed by atoms with Gasteiger partial charge < -0.3 is 0 Å². The molecule has 0 aliphatic carbocycles. The van der Waals surface area contributed by atoms with Crippen LogP contribution in [0.1, 0.15) is 27.7 Å². The number of fused-ring (bicyclic) bond motifs is 2. The van der Waals surface area contributed by atoms with Crippen molar-refractivity contribution >= 4 is 65.9 Å². The summed E-state index contributed by atoms with van der Waals surface area (Å²) in [7, 11) is 0. The Balaban J connectivity index is 1.15. The average molecular weight is 701 g/mol. The zero-order valence-corrected chi connectivity index (χ0v) is 30.1. The number of thiazole rings is 1. The van der Waals surface area contributed by atoms with Crippen LogP contribution < -0.4 is 0 Å². The Labute approximate surface area is 304 Å². The second-order valence-electron chi connectivity index (χ2n) is 12.0. The van der Waals surface area contributed by atoms with Crippen molar-refractivity contribution in [3.8, 4) is 33.1 Å². The summed E-state index contributed by atoms with van der Waals surface area (Å²) >= 11 is 5.20. The fourth-order valence-electron chi connectivity index (χ4n) is 6.26. The maximum Gasteiger partial charge on any atom is 0.163 e. The molecule has 3 heterocycles. The predicted molar refractivity (Wildman–Crippen MR) is 215 cm³/mol. The first-order chi connectivity index (χ1) is 24.4. The van der Waals surface area contributed by atoms with Crippen LogP contribution in [0.2, 0.25) is 0 Å². The van der Waals surface area contributed by atoms with E-state index in [1.165, 1.54) is 19.2 Å². The molecule has 0 amide bonds. The molecule has 8 aromatic rings. The van der Waals surface area contributed by atoms with E-state index in [9.17, 15) is 0 Å². The van der Waals surface area contributed by atoms with Gasteiger partial charge in [0, 0.05) is 48.5 Å². The monoisotopic (exact) mass is 700 g/mol. The minimum absolute atomic E-state index is 0.501. The lowest BCUT2D eigenvalue weighted by molar-refractivity contribution is 0.928. The molecular formula is C43H32N4S3. The zero-order valence-electron chi connectivity index (χ0n) is 27.7. The summed E-state index contributed by atoms with van der Waals surface area (Å²) in [5.41, 5.74) is 9.32. The first-order valence-corrected chi connectivity index (χ1v) is 19.1. The molecule has 242 valence electrons. The first kappa shape index (κ1) is 32.0. The number of thioether (sulfide) groups is 1. The third-order valence-electron chi connectivity index (χ3n) is 8.77. The van der Waals surface area contributed by atoms with E-state index in [2.05, 4.69) is 105 Å². The third-order valence-corrected chi connectivity index (χ3v) is 11.7. The summed E-state index contributed by atoms with van der Waals surface area (Å²) in [5.74, 6) is 1.87. The molecule has 0 bridgehead atoms. The Morgan fingerprint density at radius 1 is 0.660 bits per heavy atom. The lowest BCUT2D eigenvalue weighted by atomic mass is 9.98. The number of benzene rings is 5. The number of nitrogens with zero attached hydrogens (tertiary/aromatic N) is 4. The quantitative estimate of drug-likeness (QED) is 0.140. The Kier molecular flexibility index (Phi) is 8.71. The van der Waals surface area contributed by atoms with Gasteiger partial charge in [-0.1, -0.05) is 104 Å². The van der Waals surface area contributed by atoms with Gasteiger partial charge in [-0.2, -0.15) is 0 Å². The molecule has 0 unspecified atom stereocenters. The molecule has 7 heteroatoms. The van der Waals surface area contributed by atoms with Gasteiger partial charge in [-0.3, -0.25) is 0 Å². The number of hydrogen-bond acceptors (Lipinski definition) is 7. The van der Waals surface area contributed by atoms with E-state index in [4.69, 9.17) is 19.9 Å². The molecule has 0 aliphatic heterocycles. The van der Waals surface area contributed by atoms with Gasteiger partial charge in [0.2, 0.25) is 0 Å². The molecule has 0 fully saturated rings. The van der Waals surface area contributed by atoms with E-state index in [0.29, 0.717) is 23.9 Å². The second kappa shape index (κ2) is 13.6. The van der Waals surface area contributed by atoms with Crippen molar-refractivity contribution in [2.45, 2.75) is 18.2 Å². The fraction of sp³-hybridized carbons (Fsp3) is 0.0698. The standard InChI is InChI=1S/C43H32N4S3/c1-26(33-14-8-10-16-36(33)48-4)24-39-45-41(47-42(46-39)30-12-6-5-7-13-30)27(2)40-28(3)49-37-23-22-32(25-34(37)40)29-18-20-31(21-19-29)43-44-35-15-9-11-17-38(35)50-43/h5-23,25H,1-2,24H2,3-4H3. The van der Waals surface area contributed by atoms with Crippen molar-refractivity contribution in [3.63, 3.8) is 0 Å². The number of thiophene rings is 1. The maximum atomic E-state index is 5.03. The van der Waals surface area contributed by atoms with Crippen LogP contribution in [0.25, 0.3) is 64.5 Å². The molecule has 0 saturated carbocycles. The second-order valence-corrected chi connectivity index (χ2v) is 15.2. The van der Waals surface area contributed by atoms with Crippen molar-refractivity contribution in [2.75, 3.05) is 6.26 Å². The van der Waals surface area contributed by atoms with Crippen LogP contribution in [0.4, 0.5) is 0 Å².